The van der Waals surface area contributed by atoms with Gasteiger partial charge in [-0.15, -0.1) is 0 Å². The molecule has 0 fully saturated rings. The summed E-state index contributed by atoms with van der Waals surface area (Å²) in [6.45, 7) is 6.76. The number of non-ortho nitro benzene ring substituents is 1. The fourth-order valence-electron chi connectivity index (χ4n) is 2.99. The summed E-state index contributed by atoms with van der Waals surface area (Å²) in [7, 11) is 0. The summed E-state index contributed by atoms with van der Waals surface area (Å²) in [6.07, 6.45) is -0.396. The van der Waals surface area contributed by atoms with Gasteiger partial charge in [0.25, 0.3) is 5.69 Å². The van der Waals surface area contributed by atoms with Crippen molar-refractivity contribution in [2.45, 2.75) is 39.7 Å². The maximum atomic E-state index is 12.8. The van der Waals surface area contributed by atoms with E-state index in [0.29, 0.717) is 11.3 Å². The van der Waals surface area contributed by atoms with Gasteiger partial charge in [0.15, 0.2) is 0 Å². The number of benzene rings is 1. The van der Waals surface area contributed by atoms with Gasteiger partial charge in [-0.3, -0.25) is 10.1 Å². The number of dihydropyridines is 1. The number of nitrogens with two attached hydrogens (primary N) is 1. The van der Waals surface area contributed by atoms with Crippen LogP contribution in [0.5, 0.6) is 0 Å². The van der Waals surface area contributed by atoms with Crippen molar-refractivity contribution in [3.63, 3.8) is 0 Å². The van der Waals surface area contributed by atoms with E-state index >= 15 is 0 Å². The normalized spacial score (nSPS) is 16.7. The van der Waals surface area contributed by atoms with E-state index in [9.17, 15) is 19.7 Å². The first-order valence-electron chi connectivity index (χ1n) is 8.77. The second kappa shape index (κ2) is 8.55. The molecule has 0 aromatic heterocycles. The number of rotatable bonds is 6. The predicted molar refractivity (Wildman–Crippen MR) is 101 cm³/mol. The Hall–Kier alpha value is -3.36. The number of hydrogen-bond donors (Lipinski definition) is 2. The highest BCUT2D eigenvalue weighted by Crippen LogP contribution is 2.39. The van der Waals surface area contributed by atoms with Crippen LogP contribution in [0.1, 0.15) is 39.2 Å². The van der Waals surface area contributed by atoms with Gasteiger partial charge in [-0.2, -0.15) is 0 Å². The first-order chi connectivity index (χ1) is 13.2. The van der Waals surface area contributed by atoms with Crippen molar-refractivity contribution in [3.8, 4) is 0 Å². The molecule has 0 aliphatic carbocycles. The Balaban J connectivity index is 2.68. The minimum Gasteiger partial charge on any atom is -0.463 e. The SMILES string of the molecule is CCOC(=O)C1=C(N)NC(C)=C(C(=O)OC(C)C)C1c1cccc([N+](=O)[O-])c1. The van der Waals surface area contributed by atoms with Crippen LogP contribution in [0.15, 0.2) is 46.9 Å². The second-order valence-corrected chi connectivity index (χ2v) is 6.45. The Morgan fingerprint density at radius 1 is 1.29 bits per heavy atom. The Morgan fingerprint density at radius 3 is 2.54 bits per heavy atom. The summed E-state index contributed by atoms with van der Waals surface area (Å²) in [5.74, 6) is -2.31. The molecule has 1 aliphatic rings. The number of allylic oxidation sites excluding steroid dienone is 1. The molecule has 0 spiro atoms. The minimum absolute atomic E-state index is 0.00338. The van der Waals surface area contributed by atoms with Crippen molar-refractivity contribution in [2.24, 2.45) is 5.73 Å². The van der Waals surface area contributed by atoms with E-state index < -0.39 is 28.9 Å². The molecule has 0 saturated heterocycles. The molecular weight excluding hydrogens is 366 g/mol. The lowest BCUT2D eigenvalue weighted by molar-refractivity contribution is -0.384. The maximum Gasteiger partial charge on any atom is 0.338 e. The third kappa shape index (κ3) is 4.30. The highest BCUT2D eigenvalue weighted by atomic mass is 16.6. The number of carbonyl (C=O) groups excluding carboxylic acids is 2. The molecule has 28 heavy (non-hydrogen) atoms. The van der Waals surface area contributed by atoms with Gasteiger partial charge in [-0.1, -0.05) is 12.1 Å². The Kier molecular flexibility index (Phi) is 6.40. The van der Waals surface area contributed by atoms with Gasteiger partial charge >= 0.3 is 11.9 Å². The molecule has 2 rings (SSSR count). The summed E-state index contributed by atoms with van der Waals surface area (Å²) in [5, 5.41) is 14.0. The van der Waals surface area contributed by atoms with Gasteiger partial charge in [0.1, 0.15) is 5.82 Å². The third-order valence-electron chi connectivity index (χ3n) is 4.07. The van der Waals surface area contributed by atoms with E-state index in [1.165, 1.54) is 18.2 Å². The molecule has 0 radical (unpaired) electrons. The minimum atomic E-state index is -0.966. The van der Waals surface area contributed by atoms with Gasteiger partial charge < -0.3 is 20.5 Å². The second-order valence-electron chi connectivity index (χ2n) is 6.45. The summed E-state index contributed by atoms with van der Waals surface area (Å²) < 4.78 is 10.4. The number of carbonyl (C=O) groups is 2. The van der Waals surface area contributed by atoms with E-state index in [0.717, 1.165) is 0 Å². The van der Waals surface area contributed by atoms with Crippen molar-refractivity contribution in [1.82, 2.24) is 5.32 Å². The smallest absolute Gasteiger partial charge is 0.338 e. The van der Waals surface area contributed by atoms with Gasteiger partial charge in [-0.05, 0) is 33.3 Å². The largest absolute Gasteiger partial charge is 0.463 e. The first kappa shape index (κ1) is 20.9. The third-order valence-corrected chi connectivity index (χ3v) is 4.07. The van der Waals surface area contributed by atoms with Gasteiger partial charge in [0.05, 0.1) is 34.7 Å². The van der Waals surface area contributed by atoms with Crippen molar-refractivity contribution >= 4 is 17.6 Å². The van der Waals surface area contributed by atoms with Crippen molar-refractivity contribution in [2.75, 3.05) is 6.61 Å². The molecule has 1 aromatic carbocycles. The molecule has 0 amide bonds. The molecule has 0 saturated carbocycles. The highest BCUT2D eigenvalue weighted by Gasteiger charge is 2.39. The number of nitrogens with zero attached hydrogens (tertiary/aromatic N) is 1. The summed E-state index contributed by atoms with van der Waals surface area (Å²) >= 11 is 0. The monoisotopic (exact) mass is 389 g/mol. The first-order valence-corrected chi connectivity index (χ1v) is 8.77. The van der Waals surface area contributed by atoms with E-state index in [2.05, 4.69) is 5.32 Å². The molecule has 150 valence electrons. The molecule has 1 atom stereocenters. The highest BCUT2D eigenvalue weighted by molar-refractivity contribution is 5.99. The lowest BCUT2D eigenvalue weighted by atomic mass is 9.81. The Morgan fingerprint density at radius 2 is 1.96 bits per heavy atom. The summed E-state index contributed by atoms with van der Waals surface area (Å²) in [4.78, 5) is 36.0. The van der Waals surface area contributed by atoms with Gasteiger partial charge in [-0.25, -0.2) is 9.59 Å². The van der Waals surface area contributed by atoms with E-state index in [1.54, 1.807) is 33.8 Å². The fraction of sp³-hybridized carbons (Fsp3) is 0.368. The molecule has 1 heterocycles. The van der Waals surface area contributed by atoms with Crippen molar-refractivity contribution in [1.29, 1.82) is 0 Å². The maximum absolute atomic E-state index is 12.8. The van der Waals surface area contributed by atoms with E-state index in [-0.39, 0.29) is 29.3 Å². The zero-order valence-corrected chi connectivity index (χ0v) is 16.1. The number of nitro benzene ring substituents is 1. The Labute approximate surface area is 162 Å². The molecule has 1 unspecified atom stereocenters. The zero-order valence-electron chi connectivity index (χ0n) is 16.1. The fourth-order valence-corrected chi connectivity index (χ4v) is 2.99. The van der Waals surface area contributed by atoms with Crippen molar-refractivity contribution < 1.29 is 24.0 Å². The van der Waals surface area contributed by atoms with Crippen LogP contribution in [0.3, 0.4) is 0 Å². The van der Waals surface area contributed by atoms with Crippen LogP contribution in [0.25, 0.3) is 0 Å². The average molecular weight is 389 g/mol. The van der Waals surface area contributed by atoms with Crippen molar-refractivity contribution in [3.05, 3.63) is 62.6 Å². The van der Waals surface area contributed by atoms with Crippen LogP contribution >= 0.6 is 0 Å². The average Bonchev–Trinajstić information content (AvgIpc) is 2.60. The molecule has 1 aromatic rings. The van der Waals surface area contributed by atoms with Crippen LogP contribution in [-0.2, 0) is 19.1 Å². The molecule has 1 aliphatic heterocycles. The van der Waals surface area contributed by atoms with Crippen LogP contribution < -0.4 is 11.1 Å². The molecule has 0 bridgehead atoms. The van der Waals surface area contributed by atoms with Crippen LogP contribution in [0, 0.1) is 10.1 Å². The number of esters is 2. The van der Waals surface area contributed by atoms with Gasteiger partial charge in [0, 0.05) is 17.8 Å². The van der Waals surface area contributed by atoms with E-state index in [1.807, 2.05) is 0 Å². The number of nitro groups is 1. The van der Waals surface area contributed by atoms with Crippen LogP contribution in [0.4, 0.5) is 5.69 Å². The lowest BCUT2D eigenvalue weighted by Gasteiger charge is -2.30. The lowest BCUT2D eigenvalue weighted by Crippen LogP contribution is -2.36. The quantitative estimate of drug-likeness (QED) is 0.430. The number of ether oxygens (including phenoxy) is 2. The topological polar surface area (TPSA) is 134 Å². The molecular formula is C19H23N3O6. The summed E-state index contributed by atoms with van der Waals surface area (Å²) in [6, 6.07) is 5.70. The number of hydrogen-bond acceptors (Lipinski definition) is 8. The zero-order chi connectivity index (χ0) is 21.0. The standard InChI is InChI=1S/C19H23N3O6/c1-5-27-18(23)16-15(12-7-6-8-13(9-12)22(25)26)14(11(4)21-17(16)20)19(24)28-10(2)3/h6-10,15,21H,5,20H2,1-4H3. The molecule has 9 heteroatoms. The molecule has 3 N–H and O–H groups in total. The Bertz CT molecular complexity index is 872. The van der Waals surface area contributed by atoms with Gasteiger partial charge in [0.2, 0.25) is 0 Å². The molecule has 9 nitrogen and oxygen atoms in total. The van der Waals surface area contributed by atoms with Crippen LogP contribution in [0.2, 0.25) is 0 Å². The number of nitrogens with one attached hydrogen (secondary N) is 1. The van der Waals surface area contributed by atoms with Crippen LogP contribution in [-0.4, -0.2) is 29.6 Å². The summed E-state index contributed by atoms with van der Waals surface area (Å²) in [5.41, 5.74) is 6.77. The van der Waals surface area contributed by atoms with E-state index in [4.69, 9.17) is 15.2 Å². The predicted octanol–water partition coefficient (Wildman–Crippen LogP) is 2.24.